The first-order valence-corrected chi connectivity index (χ1v) is 6.47. The lowest BCUT2D eigenvalue weighted by Crippen LogP contribution is -2.32. The Morgan fingerprint density at radius 2 is 2.29 bits per heavy atom. The minimum Gasteiger partial charge on any atom is -0.480 e. The SMILES string of the molecule is CC(C)(C)c1cnc(CSCC(N)C(=O)O)o1. The second kappa shape index (κ2) is 5.55. The maximum Gasteiger partial charge on any atom is 0.321 e. The van der Waals surface area contributed by atoms with Crippen LogP contribution in [0.15, 0.2) is 10.6 Å². The Kier molecular flexibility index (Phi) is 4.59. The van der Waals surface area contributed by atoms with E-state index in [0.717, 1.165) is 5.76 Å². The van der Waals surface area contributed by atoms with E-state index in [2.05, 4.69) is 4.98 Å². The molecule has 0 saturated heterocycles. The lowest BCUT2D eigenvalue weighted by molar-refractivity contribution is -0.137. The van der Waals surface area contributed by atoms with Gasteiger partial charge in [0.15, 0.2) is 0 Å². The van der Waals surface area contributed by atoms with Crippen LogP contribution in [0.1, 0.15) is 32.4 Å². The predicted octanol–water partition coefficient (Wildman–Crippen LogP) is 1.62. The number of nitrogens with zero attached hydrogens (tertiary/aromatic N) is 1. The van der Waals surface area contributed by atoms with Crippen molar-refractivity contribution in [2.24, 2.45) is 5.73 Å². The number of thioether (sulfide) groups is 1. The second-order valence-corrected chi connectivity index (χ2v) is 5.86. The van der Waals surface area contributed by atoms with Crippen LogP contribution in [-0.2, 0) is 16.0 Å². The van der Waals surface area contributed by atoms with Crippen molar-refractivity contribution in [3.8, 4) is 0 Å². The Morgan fingerprint density at radius 3 is 2.76 bits per heavy atom. The fraction of sp³-hybridized carbons (Fsp3) is 0.636. The Morgan fingerprint density at radius 1 is 1.65 bits per heavy atom. The van der Waals surface area contributed by atoms with Crippen molar-refractivity contribution in [3.05, 3.63) is 17.8 Å². The Labute approximate surface area is 105 Å². The van der Waals surface area contributed by atoms with Gasteiger partial charge in [0, 0.05) is 11.2 Å². The summed E-state index contributed by atoms with van der Waals surface area (Å²) < 4.78 is 5.57. The molecule has 0 aliphatic heterocycles. The maximum atomic E-state index is 10.5. The van der Waals surface area contributed by atoms with E-state index < -0.39 is 12.0 Å². The highest BCUT2D eigenvalue weighted by atomic mass is 32.2. The van der Waals surface area contributed by atoms with Crippen LogP contribution < -0.4 is 5.73 Å². The third-order valence-electron chi connectivity index (χ3n) is 2.13. The zero-order chi connectivity index (χ0) is 13.1. The topological polar surface area (TPSA) is 89.3 Å². The van der Waals surface area contributed by atoms with Gasteiger partial charge in [0.25, 0.3) is 0 Å². The van der Waals surface area contributed by atoms with Gasteiger partial charge in [0.05, 0.1) is 11.9 Å². The summed E-state index contributed by atoms with van der Waals surface area (Å²) in [5.41, 5.74) is 5.32. The predicted molar refractivity (Wildman–Crippen MR) is 67.0 cm³/mol. The van der Waals surface area contributed by atoms with E-state index in [-0.39, 0.29) is 5.41 Å². The number of oxazole rings is 1. The van der Waals surface area contributed by atoms with Gasteiger partial charge in [-0.15, -0.1) is 11.8 Å². The molecule has 0 radical (unpaired) electrons. The van der Waals surface area contributed by atoms with E-state index in [9.17, 15) is 4.79 Å². The lowest BCUT2D eigenvalue weighted by atomic mass is 9.94. The highest BCUT2D eigenvalue weighted by Crippen LogP contribution is 2.24. The summed E-state index contributed by atoms with van der Waals surface area (Å²) in [6, 6.07) is -0.836. The van der Waals surface area contributed by atoms with E-state index in [0.29, 0.717) is 17.4 Å². The highest BCUT2D eigenvalue weighted by Gasteiger charge is 2.19. The van der Waals surface area contributed by atoms with Gasteiger partial charge in [-0.25, -0.2) is 4.98 Å². The molecule has 0 saturated carbocycles. The summed E-state index contributed by atoms with van der Waals surface area (Å²) in [5.74, 6) is 1.34. The lowest BCUT2D eigenvalue weighted by Gasteiger charge is -2.13. The molecule has 1 aromatic rings. The van der Waals surface area contributed by atoms with Crippen molar-refractivity contribution in [3.63, 3.8) is 0 Å². The summed E-state index contributed by atoms with van der Waals surface area (Å²) in [7, 11) is 0. The van der Waals surface area contributed by atoms with Crippen molar-refractivity contribution in [1.29, 1.82) is 0 Å². The summed E-state index contributed by atoms with van der Waals surface area (Å²) in [6.07, 6.45) is 1.72. The molecule has 1 rings (SSSR count). The molecular weight excluding hydrogens is 240 g/mol. The molecule has 1 atom stereocenters. The first-order valence-electron chi connectivity index (χ1n) is 5.32. The van der Waals surface area contributed by atoms with Crippen molar-refractivity contribution in [2.45, 2.75) is 38.0 Å². The van der Waals surface area contributed by atoms with Gasteiger partial charge in [-0.05, 0) is 0 Å². The van der Waals surface area contributed by atoms with Crippen LogP contribution in [0, 0.1) is 0 Å². The number of carboxylic acids is 1. The molecule has 17 heavy (non-hydrogen) atoms. The van der Waals surface area contributed by atoms with Crippen LogP contribution in [0.5, 0.6) is 0 Å². The fourth-order valence-electron chi connectivity index (χ4n) is 1.07. The summed E-state index contributed by atoms with van der Waals surface area (Å²) in [6.45, 7) is 6.14. The number of carbonyl (C=O) groups is 1. The molecule has 5 nitrogen and oxygen atoms in total. The summed E-state index contributed by atoms with van der Waals surface area (Å²) in [4.78, 5) is 14.6. The molecule has 0 fully saturated rings. The third-order valence-corrected chi connectivity index (χ3v) is 3.18. The molecule has 0 aliphatic rings. The van der Waals surface area contributed by atoms with Gasteiger partial charge in [-0.2, -0.15) is 0 Å². The molecule has 0 spiro atoms. The average molecular weight is 258 g/mol. The minimum atomic E-state index is -0.986. The molecule has 3 N–H and O–H groups in total. The van der Waals surface area contributed by atoms with Crippen LogP contribution in [0.25, 0.3) is 0 Å². The first-order chi connectivity index (χ1) is 7.80. The standard InChI is InChI=1S/C11H18N2O3S/c1-11(2,3)8-4-13-9(16-8)6-17-5-7(12)10(14)15/h4,7H,5-6,12H2,1-3H3,(H,14,15). The first kappa shape index (κ1) is 14.1. The molecule has 0 aliphatic carbocycles. The molecular formula is C11H18N2O3S. The zero-order valence-corrected chi connectivity index (χ0v) is 11.1. The molecule has 6 heteroatoms. The molecule has 0 amide bonds. The van der Waals surface area contributed by atoms with Crippen LogP contribution in [0.2, 0.25) is 0 Å². The van der Waals surface area contributed by atoms with Gasteiger partial charge >= 0.3 is 5.97 Å². The van der Waals surface area contributed by atoms with Crippen LogP contribution in [0.4, 0.5) is 0 Å². The smallest absolute Gasteiger partial charge is 0.321 e. The summed E-state index contributed by atoms with van der Waals surface area (Å²) in [5, 5.41) is 8.61. The van der Waals surface area contributed by atoms with E-state index in [1.165, 1.54) is 11.8 Å². The van der Waals surface area contributed by atoms with E-state index in [1.807, 2.05) is 20.8 Å². The van der Waals surface area contributed by atoms with Crippen molar-refractivity contribution >= 4 is 17.7 Å². The Bertz CT molecular complexity index is 384. The molecule has 1 unspecified atom stereocenters. The van der Waals surface area contributed by atoms with E-state index in [4.69, 9.17) is 15.3 Å². The summed E-state index contributed by atoms with van der Waals surface area (Å²) >= 11 is 1.40. The minimum absolute atomic E-state index is 0.0621. The number of hydrogen-bond donors (Lipinski definition) is 2. The van der Waals surface area contributed by atoms with Crippen molar-refractivity contribution in [2.75, 3.05) is 5.75 Å². The molecule has 0 aromatic carbocycles. The van der Waals surface area contributed by atoms with Crippen molar-refractivity contribution < 1.29 is 14.3 Å². The zero-order valence-electron chi connectivity index (χ0n) is 10.3. The van der Waals surface area contributed by atoms with Crippen molar-refractivity contribution in [1.82, 2.24) is 4.98 Å². The van der Waals surface area contributed by atoms with Gasteiger partial charge in [-0.3, -0.25) is 4.79 Å². The quantitative estimate of drug-likeness (QED) is 0.834. The number of carboxylic acid groups (broad SMARTS) is 1. The van der Waals surface area contributed by atoms with Gasteiger partial charge < -0.3 is 15.3 Å². The monoisotopic (exact) mass is 258 g/mol. The normalized spacial score (nSPS) is 13.6. The Balaban J connectivity index is 2.43. The average Bonchev–Trinajstić information content (AvgIpc) is 2.65. The number of rotatable bonds is 5. The third kappa shape index (κ3) is 4.40. The number of aliphatic carboxylic acids is 1. The number of hydrogen-bond acceptors (Lipinski definition) is 5. The molecule has 1 heterocycles. The maximum absolute atomic E-state index is 10.5. The Hall–Kier alpha value is -1.01. The van der Waals surface area contributed by atoms with Gasteiger partial charge in [0.1, 0.15) is 11.8 Å². The molecule has 96 valence electrons. The van der Waals surface area contributed by atoms with E-state index >= 15 is 0 Å². The highest BCUT2D eigenvalue weighted by molar-refractivity contribution is 7.98. The van der Waals surface area contributed by atoms with Crippen LogP contribution >= 0.6 is 11.8 Å². The molecule has 1 aromatic heterocycles. The second-order valence-electron chi connectivity index (χ2n) is 4.83. The van der Waals surface area contributed by atoms with E-state index in [1.54, 1.807) is 6.20 Å². The van der Waals surface area contributed by atoms with Crippen LogP contribution in [-0.4, -0.2) is 27.9 Å². The number of nitrogens with two attached hydrogens (primary N) is 1. The van der Waals surface area contributed by atoms with Gasteiger partial charge in [0.2, 0.25) is 5.89 Å². The largest absolute Gasteiger partial charge is 0.480 e. The number of aromatic nitrogens is 1. The van der Waals surface area contributed by atoms with Gasteiger partial charge in [-0.1, -0.05) is 20.8 Å². The van der Waals surface area contributed by atoms with Crippen LogP contribution in [0.3, 0.4) is 0 Å². The fourth-order valence-corrected chi connectivity index (χ4v) is 1.89. The molecule has 0 bridgehead atoms.